The average molecular weight is 295 g/mol. The summed E-state index contributed by atoms with van der Waals surface area (Å²) in [6.45, 7) is 5.60. The summed E-state index contributed by atoms with van der Waals surface area (Å²) in [4.78, 5) is 28.2. The van der Waals surface area contributed by atoms with Crippen molar-refractivity contribution in [3.8, 4) is 0 Å². The standard InChI is InChI=1S/C17H17N3O2/c1-10-8-11(6-7-18-10)15(21)19-12-4-5-13-14(9-12)20-16(22)17(13,2)3/h4-9H,1-3H3,(H,19,21)(H,20,22). The number of aromatic nitrogens is 1. The number of nitrogens with zero attached hydrogens (tertiary/aromatic N) is 1. The zero-order valence-electron chi connectivity index (χ0n) is 12.7. The van der Waals surface area contributed by atoms with E-state index >= 15 is 0 Å². The van der Waals surface area contributed by atoms with Gasteiger partial charge in [0, 0.05) is 28.8 Å². The van der Waals surface area contributed by atoms with E-state index in [0.29, 0.717) is 11.3 Å². The molecule has 1 aliphatic heterocycles. The number of amides is 2. The molecule has 1 aromatic heterocycles. The molecule has 2 heterocycles. The number of hydrogen-bond donors (Lipinski definition) is 2. The summed E-state index contributed by atoms with van der Waals surface area (Å²) in [5.74, 6) is -0.232. The number of aryl methyl sites for hydroxylation is 1. The fourth-order valence-electron chi connectivity index (χ4n) is 2.56. The molecule has 0 fully saturated rings. The van der Waals surface area contributed by atoms with E-state index in [4.69, 9.17) is 0 Å². The number of carbonyl (C=O) groups excluding carboxylic acids is 2. The first-order chi connectivity index (χ1) is 10.4. The zero-order valence-corrected chi connectivity index (χ0v) is 12.7. The van der Waals surface area contributed by atoms with Gasteiger partial charge in [0.15, 0.2) is 0 Å². The van der Waals surface area contributed by atoms with Crippen LogP contribution in [0.1, 0.15) is 35.5 Å². The van der Waals surface area contributed by atoms with Gasteiger partial charge in [0.25, 0.3) is 5.91 Å². The second kappa shape index (κ2) is 4.94. The Labute approximate surface area is 128 Å². The van der Waals surface area contributed by atoms with Crippen LogP contribution in [0.4, 0.5) is 11.4 Å². The van der Waals surface area contributed by atoms with Gasteiger partial charge in [-0.15, -0.1) is 0 Å². The predicted molar refractivity (Wildman–Crippen MR) is 85.0 cm³/mol. The molecule has 0 radical (unpaired) electrons. The lowest BCUT2D eigenvalue weighted by Gasteiger charge is -2.15. The van der Waals surface area contributed by atoms with Gasteiger partial charge in [0.2, 0.25) is 5.91 Å². The van der Waals surface area contributed by atoms with Gasteiger partial charge in [-0.2, -0.15) is 0 Å². The molecular weight excluding hydrogens is 278 g/mol. The maximum Gasteiger partial charge on any atom is 0.255 e. The summed E-state index contributed by atoms with van der Waals surface area (Å²) in [7, 11) is 0. The molecule has 1 aliphatic rings. The Morgan fingerprint density at radius 1 is 1.23 bits per heavy atom. The maximum absolute atomic E-state index is 12.2. The van der Waals surface area contributed by atoms with E-state index in [1.807, 2.05) is 32.9 Å². The summed E-state index contributed by atoms with van der Waals surface area (Å²) >= 11 is 0. The Kier molecular flexibility index (Phi) is 3.20. The third-order valence-electron chi connectivity index (χ3n) is 3.93. The van der Waals surface area contributed by atoms with Gasteiger partial charge in [0.05, 0.1) is 5.41 Å². The largest absolute Gasteiger partial charge is 0.325 e. The lowest BCUT2D eigenvalue weighted by molar-refractivity contribution is -0.119. The maximum atomic E-state index is 12.2. The second-order valence-corrected chi connectivity index (χ2v) is 5.98. The molecular formula is C17H17N3O2. The highest BCUT2D eigenvalue weighted by atomic mass is 16.2. The van der Waals surface area contributed by atoms with Crippen molar-refractivity contribution < 1.29 is 9.59 Å². The van der Waals surface area contributed by atoms with E-state index in [0.717, 1.165) is 16.9 Å². The monoisotopic (exact) mass is 295 g/mol. The molecule has 0 saturated heterocycles. The minimum atomic E-state index is -0.542. The number of nitrogens with one attached hydrogen (secondary N) is 2. The van der Waals surface area contributed by atoms with Crippen molar-refractivity contribution >= 4 is 23.2 Å². The van der Waals surface area contributed by atoms with Crippen molar-refractivity contribution in [3.05, 3.63) is 53.3 Å². The topological polar surface area (TPSA) is 71.1 Å². The van der Waals surface area contributed by atoms with Crippen molar-refractivity contribution in [2.45, 2.75) is 26.2 Å². The highest BCUT2D eigenvalue weighted by Crippen LogP contribution is 2.38. The molecule has 0 spiro atoms. The molecule has 0 atom stereocenters. The van der Waals surface area contributed by atoms with Crippen LogP contribution in [0, 0.1) is 6.92 Å². The van der Waals surface area contributed by atoms with Gasteiger partial charge in [-0.25, -0.2) is 0 Å². The molecule has 0 aliphatic carbocycles. The number of hydrogen-bond acceptors (Lipinski definition) is 3. The van der Waals surface area contributed by atoms with E-state index in [1.54, 1.807) is 24.4 Å². The average Bonchev–Trinajstić information content (AvgIpc) is 2.68. The molecule has 2 aromatic rings. The zero-order chi connectivity index (χ0) is 15.9. The molecule has 22 heavy (non-hydrogen) atoms. The molecule has 0 saturated carbocycles. The normalized spacial score (nSPS) is 15.1. The lowest BCUT2D eigenvalue weighted by Crippen LogP contribution is -2.26. The summed E-state index contributed by atoms with van der Waals surface area (Å²) in [5, 5.41) is 5.69. The SMILES string of the molecule is Cc1cc(C(=O)Nc2ccc3c(c2)NC(=O)C3(C)C)ccn1. The Morgan fingerprint density at radius 2 is 2.00 bits per heavy atom. The van der Waals surface area contributed by atoms with Gasteiger partial charge in [-0.05, 0) is 50.6 Å². The van der Waals surface area contributed by atoms with Crippen LogP contribution in [0.3, 0.4) is 0 Å². The highest BCUT2D eigenvalue weighted by molar-refractivity contribution is 6.08. The number of benzene rings is 1. The molecule has 0 bridgehead atoms. The van der Waals surface area contributed by atoms with E-state index in [1.165, 1.54) is 0 Å². The van der Waals surface area contributed by atoms with Crippen molar-refractivity contribution in [2.24, 2.45) is 0 Å². The van der Waals surface area contributed by atoms with Crippen molar-refractivity contribution in [2.75, 3.05) is 10.6 Å². The van der Waals surface area contributed by atoms with Crippen LogP contribution in [0.2, 0.25) is 0 Å². The molecule has 3 rings (SSSR count). The molecule has 2 amide bonds. The fraction of sp³-hybridized carbons (Fsp3) is 0.235. The van der Waals surface area contributed by atoms with Gasteiger partial charge >= 0.3 is 0 Å². The van der Waals surface area contributed by atoms with Gasteiger partial charge in [-0.3, -0.25) is 14.6 Å². The van der Waals surface area contributed by atoms with Crippen LogP contribution in [0.5, 0.6) is 0 Å². The van der Waals surface area contributed by atoms with Crippen molar-refractivity contribution in [1.82, 2.24) is 4.98 Å². The van der Waals surface area contributed by atoms with Gasteiger partial charge in [-0.1, -0.05) is 6.07 Å². The molecule has 0 unspecified atom stereocenters. The fourth-order valence-corrected chi connectivity index (χ4v) is 2.56. The van der Waals surface area contributed by atoms with Gasteiger partial charge < -0.3 is 10.6 Å². The van der Waals surface area contributed by atoms with Crippen LogP contribution in [0.25, 0.3) is 0 Å². The molecule has 5 heteroatoms. The van der Waals surface area contributed by atoms with E-state index in [-0.39, 0.29) is 11.8 Å². The Morgan fingerprint density at radius 3 is 2.73 bits per heavy atom. The van der Waals surface area contributed by atoms with Crippen molar-refractivity contribution in [3.63, 3.8) is 0 Å². The molecule has 112 valence electrons. The van der Waals surface area contributed by atoms with Crippen LogP contribution >= 0.6 is 0 Å². The number of carbonyl (C=O) groups is 2. The third-order valence-corrected chi connectivity index (χ3v) is 3.93. The first-order valence-electron chi connectivity index (χ1n) is 7.08. The molecule has 2 N–H and O–H groups in total. The van der Waals surface area contributed by atoms with Crippen molar-refractivity contribution in [1.29, 1.82) is 0 Å². The number of pyridine rings is 1. The third kappa shape index (κ3) is 2.35. The minimum Gasteiger partial charge on any atom is -0.325 e. The summed E-state index contributed by atoms with van der Waals surface area (Å²) < 4.78 is 0. The predicted octanol–water partition coefficient (Wildman–Crippen LogP) is 2.87. The van der Waals surface area contributed by atoms with Crippen LogP contribution < -0.4 is 10.6 Å². The quantitative estimate of drug-likeness (QED) is 0.895. The summed E-state index contributed by atoms with van der Waals surface area (Å²) in [6, 6.07) is 8.87. The van der Waals surface area contributed by atoms with Gasteiger partial charge in [0.1, 0.15) is 0 Å². The Bertz CT molecular complexity index is 781. The first-order valence-corrected chi connectivity index (χ1v) is 7.08. The smallest absolute Gasteiger partial charge is 0.255 e. The van der Waals surface area contributed by atoms with Crippen LogP contribution in [0.15, 0.2) is 36.5 Å². The Hall–Kier alpha value is -2.69. The van der Waals surface area contributed by atoms with E-state index in [2.05, 4.69) is 15.6 Å². The van der Waals surface area contributed by atoms with E-state index in [9.17, 15) is 9.59 Å². The first kappa shape index (κ1) is 14.3. The van der Waals surface area contributed by atoms with Crippen LogP contribution in [-0.2, 0) is 10.2 Å². The minimum absolute atomic E-state index is 0.0317. The lowest BCUT2D eigenvalue weighted by atomic mass is 9.86. The number of fused-ring (bicyclic) bond motifs is 1. The summed E-state index contributed by atoms with van der Waals surface area (Å²) in [5.41, 5.74) is 3.14. The second-order valence-electron chi connectivity index (χ2n) is 5.98. The molecule has 1 aromatic carbocycles. The number of rotatable bonds is 2. The Balaban J connectivity index is 1.85. The summed E-state index contributed by atoms with van der Waals surface area (Å²) in [6.07, 6.45) is 1.61. The molecule has 5 nitrogen and oxygen atoms in total. The highest BCUT2D eigenvalue weighted by Gasteiger charge is 2.38. The van der Waals surface area contributed by atoms with Crippen LogP contribution in [-0.4, -0.2) is 16.8 Å². The van der Waals surface area contributed by atoms with E-state index < -0.39 is 5.41 Å². The number of anilines is 2.